The number of carbonyl (C=O) groups is 1. The maximum Gasteiger partial charge on any atom is 0.322 e. The minimum absolute atomic E-state index is 0.0822. The van der Waals surface area contributed by atoms with Crippen molar-refractivity contribution in [2.75, 3.05) is 11.6 Å². The van der Waals surface area contributed by atoms with E-state index in [9.17, 15) is 13.2 Å². The Morgan fingerprint density at radius 3 is 3.00 bits per heavy atom. The number of rotatable bonds is 3. The molecule has 1 atom stereocenters. The van der Waals surface area contributed by atoms with Gasteiger partial charge in [0.2, 0.25) is 0 Å². The number of hydrogen-bond donors (Lipinski definition) is 2. The Hall–Kier alpha value is -1.06. The van der Waals surface area contributed by atoms with Crippen LogP contribution in [0.15, 0.2) is 17.6 Å². The summed E-state index contributed by atoms with van der Waals surface area (Å²) in [5, 5.41) is 8.82. The molecule has 1 aliphatic heterocycles. The molecule has 1 aromatic heterocycles. The number of imidazole rings is 1. The van der Waals surface area contributed by atoms with Crippen LogP contribution in [0.5, 0.6) is 0 Å². The Morgan fingerprint density at radius 2 is 2.44 bits per heavy atom. The molecule has 1 aromatic rings. The monoisotopic (exact) mass is 263 g/mol. The van der Waals surface area contributed by atoms with Crippen molar-refractivity contribution >= 4 is 27.8 Å². The number of sulfonamides is 1. The predicted octanol–water partition coefficient (Wildman–Crippen LogP) is -0.442. The Balaban J connectivity index is 2.34. The molecule has 88 valence electrons. The first-order valence-corrected chi connectivity index (χ1v) is 6.93. The van der Waals surface area contributed by atoms with Crippen molar-refractivity contribution in [1.82, 2.24) is 14.3 Å². The number of nitrogens with one attached hydrogen (secondary N) is 1. The highest BCUT2D eigenvalue weighted by Crippen LogP contribution is 2.27. The Labute approximate surface area is 95.9 Å². The van der Waals surface area contributed by atoms with Gasteiger partial charge in [-0.3, -0.25) is 4.79 Å². The molecule has 7 nitrogen and oxygen atoms in total. The van der Waals surface area contributed by atoms with Crippen molar-refractivity contribution in [2.45, 2.75) is 11.1 Å². The number of aromatic nitrogens is 2. The summed E-state index contributed by atoms with van der Waals surface area (Å²) in [5.41, 5.74) is 0. The van der Waals surface area contributed by atoms with Gasteiger partial charge in [0.15, 0.2) is 5.03 Å². The quantitative estimate of drug-likeness (QED) is 0.766. The topological polar surface area (TPSA) is 103 Å². The van der Waals surface area contributed by atoms with Gasteiger partial charge in [-0.25, -0.2) is 13.4 Å². The van der Waals surface area contributed by atoms with Gasteiger partial charge in [0, 0.05) is 5.75 Å². The van der Waals surface area contributed by atoms with E-state index in [4.69, 9.17) is 5.11 Å². The Morgan fingerprint density at radius 1 is 1.69 bits per heavy atom. The zero-order chi connectivity index (χ0) is 11.8. The first kappa shape index (κ1) is 11.4. The van der Waals surface area contributed by atoms with Crippen LogP contribution >= 0.6 is 11.8 Å². The van der Waals surface area contributed by atoms with E-state index < -0.39 is 22.0 Å². The lowest BCUT2D eigenvalue weighted by Gasteiger charge is -2.18. The van der Waals surface area contributed by atoms with Gasteiger partial charge in [-0.2, -0.15) is 4.31 Å². The smallest absolute Gasteiger partial charge is 0.322 e. The molecule has 1 fully saturated rings. The summed E-state index contributed by atoms with van der Waals surface area (Å²) in [7, 11) is -3.78. The van der Waals surface area contributed by atoms with Crippen molar-refractivity contribution in [3.63, 3.8) is 0 Å². The third-order valence-electron chi connectivity index (χ3n) is 2.19. The average Bonchev–Trinajstić information content (AvgIpc) is 2.89. The summed E-state index contributed by atoms with van der Waals surface area (Å²) >= 11 is 1.27. The van der Waals surface area contributed by atoms with E-state index in [0.717, 1.165) is 10.5 Å². The van der Waals surface area contributed by atoms with Gasteiger partial charge in [-0.05, 0) is 0 Å². The van der Waals surface area contributed by atoms with Crippen LogP contribution in [0, 0.1) is 0 Å². The van der Waals surface area contributed by atoms with Gasteiger partial charge in [0.25, 0.3) is 10.0 Å². The molecule has 0 amide bonds. The second-order valence-corrected chi connectivity index (χ2v) is 6.02. The van der Waals surface area contributed by atoms with E-state index in [1.54, 1.807) is 0 Å². The summed E-state index contributed by atoms with van der Waals surface area (Å²) in [5.74, 6) is -0.714. The lowest BCUT2D eigenvalue weighted by Crippen LogP contribution is -2.41. The molecule has 9 heteroatoms. The van der Waals surface area contributed by atoms with Crippen LogP contribution in [-0.4, -0.2) is 51.4 Å². The summed E-state index contributed by atoms with van der Waals surface area (Å²) in [6.07, 6.45) is 2.41. The van der Waals surface area contributed by atoms with Crippen LogP contribution in [-0.2, 0) is 14.8 Å². The van der Waals surface area contributed by atoms with Gasteiger partial charge in [-0.1, -0.05) is 0 Å². The number of aliphatic carboxylic acids is 1. The van der Waals surface area contributed by atoms with Crippen LogP contribution < -0.4 is 0 Å². The fraction of sp³-hybridized carbons (Fsp3) is 0.429. The lowest BCUT2D eigenvalue weighted by molar-refractivity contribution is -0.140. The van der Waals surface area contributed by atoms with E-state index in [0.29, 0.717) is 0 Å². The van der Waals surface area contributed by atoms with Crippen molar-refractivity contribution < 1.29 is 18.3 Å². The van der Waals surface area contributed by atoms with E-state index in [1.165, 1.54) is 18.1 Å². The van der Waals surface area contributed by atoms with Crippen LogP contribution in [0.25, 0.3) is 0 Å². The van der Waals surface area contributed by atoms with Crippen LogP contribution in [0.2, 0.25) is 0 Å². The molecule has 2 rings (SSSR count). The molecular weight excluding hydrogens is 254 g/mol. The Kier molecular flexibility index (Phi) is 2.91. The van der Waals surface area contributed by atoms with Crippen molar-refractivity contribution in [3.8, 4) is 0 Å². The average molecular weight is 263 g/mol. The Bertz CT molecular complexity index is 484. The van der Waals surface area contributed by atoms with Gasteiger partial charge in [-0.15, -0.1) is 11.8 Å². The van der Waals surface area contributed by atoms with Crippen LogP contribution in [0.3, 0.4) is 0 Å². The molecule has 2 N–H and O–H groups in total. The fourth-order valence-corrected chi connectivity index (χ4v) is 4.40. The normalized spacial score (nSPS) is 22.4. The zero-order valence-electron chi connectivity index (χ0n) is 8.03. The molecule has 0 aromatic carbocycles. The molecule has 0 saturated carbocycles. The molecule has 0 radical (unpaired) electrons. The highest BCUT2D eigenvalue weighted by Gasteiger charge is 2.40. The van der Waals surface area contributed by atoms with Crippen molar-refractivity contribution in [3.05, 3.63) is 12.5 Å². The molecule has 1 saturated heterocycles. The van der Waals surface area contributed by atoms with Gasteiger partial charge >= 0.3 is 5.97 Å². The molecule has 1 aliphatic rings. The number of thioether (sulfide) groups is 1. The summed E-state index contributed by atoms with van der Waals surface area (Å²) in [6, 6.07) is -1.00. The standard InChI is InChI=1S/C7H9N3O4S2/c11-7(12)5-2-15-4-10(5)16(13,14)6-1-8-3-9-6/h1,3,5H,2,4H2,(H,8,9)(H,11,12)/t5-/m0/s1. The SMILES string of the molecule is O=C(O)[C@@H]1CSCN1S(=O)(=O)c1cnc[nH]1. The van der Waals surface area contributed by atoms with E-state index >= 15 is 0 Å². The largest absolute Gasteiger partial charge is 0.480 e. The third kappa shape index (κ3) is 1.81. The number of hydrogen-bond acceptors (Lipinski definition) is 5. The second-order valence-electron chi connectivity index (χ2n) is 3.16. The second kappa shape index (κ2) is 4.07. The molecule has 16 heavy (non-hydrogen) atoms. The van der Waals surface area contributed by atoms with Crippen LogP contribution in [0.1, 0.15) is 0 Å². The molecular formula is C7H9N3O4S2. The molecule has 0 unspecified atom stereocenters. The number of H-pyrrole nitrogens is 1. The van der Waals surface area contributed by atoms with Crippen molar-refractivity contribution in [1.29, 1.82) is 0 Å². The minimum atomic E-state index is -3.78. The zero-order valence-corrected chi connectivity index (χ0v) is 9.66. The minimum Gasteiger partial charge on any atom is -0.480 e. The number of nitrogens with zero attached hydrogens (tertiary/aromatic N) is 2. The first-order chi connectivity index (χ1) is 7.53. The summed E-state index contributed by atoms with van der Waals surface area (Å²) in [6.45, 7) is 0. The first-order valence-electron chi connectivity index (χ1n) is 4.34. The highest BCUT2D eigenvalue weighted by atomic mass is 32.2. The van der Waals surface area contributed by atoms with Gasteiger partial charge in [0.1, 0.15) is 6.04 Å². The number of carboxylic acid groups (broad SMARTS) is 1. The van der Waals surface area contributed by atoms with Crippen molar-refractivity contribution in [2.24, 2.45) is 0 Å². The van der Waals surface area contributed by atoms with E-state index in [1.807, 2.05) is 0 Å². The predicted molar refractivity (Wildman–Crippen MR) is 56.4 cm³/mol. The number of aromatic amines is 1. The van der Waals surface area contributed by atoms with Gasteiger partial charge in [0.05, 0.1) is 18.4 Å². The molecule has 2 heterocycles. The lowest BCUT2D eigenvalue weighted by atomic mass is 10.4. The summed E-state index contributed by atoms with van der Waals surface area (Å²) < 4.78 is 24.9. The fourth-order valence-electron chi connectivity index (χ4n) is 1.37. The van der Waals surface area contributed by atoms with Crippen LogP contribution in [0.4, 0.5) is 0 Å². The van der Waals surface area contributed by atoms with E-state index in [2.05, 4.69) is 9.97 Å². The van der Waals surface area contributed by atoms with E-state index in [-0.39, 0.29) is 16.7 Å². The molecule has 0 spiro atoms. The molecule has 0 aliphatic carbocycles. The maximum absolute atomic E-state index is 12.0. The summed E-state index contributed by atoms with van der Waals surface area (Å²) in [4.78, 5) is 17.0. The highest BCUT2D eigenvalue weighted by molar-refractivity contribution is 8.00. The third-order valence-corrected chi connectivity index (χ3v) is 5.14. The molecule has 0 bridgehead atoms. The van der Waals surface area contributed by atoms with Gasteiger partial charge < -0.3 is 10.1 Å². The maximum atomic E-state index is 12.0. The number of carboxylic acids is 1.